The van der Waals surface area contributed by atoms with Gasteiger partial charge in [0, 0.05) is 0 Å². The van der Waals surface area contributed by atoms with Gasteiger partial charge >= 0.3 is 6.61 Å². The second-order valence-electron chi connectivity index (χ2n) is 0.944. The van der Waals surface area contributed by atoms with Gasteiger partial charge in [-0.1, -0.05) is 0 Å². The number of aliphatic carboxylic acids is 1. The van der Waals surface area contributed by atoms with Crippen LogP contribution in [0.1, 0.15) is 0 Å². The van der Waals surface area contributed by atoms with Crippen LogP contribution in [0, 0.1) is 0 Å². The average Bonchev–Trinajstić information content (AvgIpc) is 1.61. The van der Waals surface area contributed by atoms with Crippen molar-refractivity contribution in [3.8, 4) is 0 Å². The van der Waals surface area contributed by atoms with E-state index in [9.17, 15) is 18.7 Å². The molecular formula is C3H3F2O3-. The standard InChI is InChI=1S/C3H4F2O3/c4-3(5)8-1-2(6)7/h3H,1H2,(H,6,7)/p-1. The zero-order valence-corrected chi connectivity index (χ0v) is 3.77. The van der Waals surface area contributed by atoms with E-state index < -0.39 is 19.2 Å². The van der Waals surface area contributed by atoms with Crippen LogP contribution in [0.2, 0.25) is 0 Å². The van der Waals surface area contributed by atoms with E-state index in [4.69, 9.17) is 0 Å². The Bertz CT molecular complexity index is 82.6. The predicted octanol–water partition coefficient (Wildman–Crippen LogP) is -1.02. The van der Waals surface area contributed by atoms with Crippen molar-refractivity contribution in [3.05, 3.63) is 0 Å². The summed E-state index contributed by atoms with van der Waals surface area (Å²) in [6.07, 6.45) is 0. The lowest BCUT2D eigenvalue weighted by Crippen LogP contribution is -2.28. The van der Waals surface area contributed by atoms with Crippen LogP contribution in [0.25, 0.3) is 0 Å². The Balaban J connectivity index is 3.05. The second-order valence-corrected chi connectivity index (χ2v) is 0.944. The molecule has 0 aromatic carbocycles. The van der Waals surface area contributed by atoms with Crippen LogP contribution in [0.3, 0.4) is 0 Å². The largest absolute Gasteiger partial charge is 0.548 e. The normalized spacial score (nSPS) is 9.88. The lowest BCUT2D eigenvalue weighted by atomic mass is 10.8. The van der Waals surface area contributed by atoms with E-state index in [2.05, 4.69) is 4.74 Å². The molecule has 0 unspecified atom stereocenters. The molecule has 8 heavy (non-hydrogen) atoms. The fourth-order valence-corrected chi connectivity index (χ4v) is 0.131. The van der Waals surface area contributed by atoms with E-state index in [1.807, 2.05) is 0 Å². The Hall–Kier alpha value is -0.710. The predicted molar refractivity (Wildman–Crippen MR) is 17.0 cm³/mol. The van der Waals surface area contributed by atoms with Gasteiger partial charge in [0.05, 0.1) is 12.6 Å². The zero-order valence-electron chi connectivity index (χ0n) is 3.77. The maximum absolute atomic E-state index is 10.9. The molecule has 48 valence electrons. The van der Waals surface area contributed by atoms with Crippen molar-refractivity contribution in [1.29, 1.82) is 0 Å². The van der Waals surface area contributed by atoms with E-state index in [1.165, 1.54) is 0 Å². The molecule has 0 N–H and O–H groups in total. The van der Waals surface area contributed by atoms with Gasteiger partial charge in [0.15, 0.2) is 0 Å². The summed E-state index contributed by atoms with van der Waals surface area (Å²) in [6.45, 7) is -4.09. The number of alkyl halides is 2. The van der Waals surface area contributed by atoms with Crippen LogP contribution in [-0.4, -0.2) is 19.2 Å². The molecule has 0 aliphatic rings. The quantitative estimate of drug-likeness (QED) is 0.484. The lowest BCUT2D eigenvalue weighted by Gasteiger charge is -2.00. The molecule has 0 atom stereocenters. The number of carbonyl (C=O) groups excluding carboxylic acids is 1. The zero-order chi connectivity index (χ0) is 6.57. The van der Waals surface area contributed by atoms with Crippen molar-refractivity contribution in [2.75, 3.05) is 6.61 Å². The first-order valence-corrected chi connectivity index (χ1v) is 1.72. The molecular weight excluding hydrogens is 122 g/mol. The number of ether oxygens (including phenoxy) is 1. The minimum atomic E-state index is -3.03. The highest BCUT2D eigenvalue weighted by atomic mass is 19.3. The van der Waals surface area contributed by atoms with Gasteiger partial charge in [-0.25, -0.2) is 0 Å². The van der Waals surface area contributed by atoms with E-state index in [0.29, 0.717) is 0 Å². The number of carboxylic acid groups (broad SMARTS) is 1. The first-order chi connectivity index (χ1) is 3.63. The Labute approximate surface area is 43.9 Å². The lowest BCUT2D eigenvalue weighted by molar-refractivity contribution is -0.314. The van der Waals surface area contributed by atoms with Crippen LogP contribution in [0.5, 0.6) is 0 Å². The van der Waals surface area contributed by atoms with Gasteiger partial charge in [0.2, 0.25) is 0 Å². The summed E-state index contributed by atoms with van der Waals surface area (Å²) in [5.41, 5.74) is 0. The smallest absolute Gasteiger partial charge is 0.345 e. The summed E-state index contributed by atoms with van der Waals surface area (Å²) in [6, 6.07) is 0. The molecule has 0 saturated carbocycles. The van der Waals surface area contributed by atoms with Crippen molar-refractivity contribution in [1.82, 2.24) is 0 Å². The van der Waals surface area contributed by atoms with Gasteiger partial charge in [-0.2, -0.15) is 8.78 Å². The Morgan fingerprint density at radius 3 is 2.38 bits per heavy atom. The molecule has 0 aromatic rings. The highest BCUT2D eigenvalue weighted by molar-refractivity contribution is 5.65. The van der Waals surface area contributed by atoms with Crippen molar-refractivity contribution in [2.24, 2.45) is 0 Å². The molecule has 0 aliphatic heterocycles. The highest BCUT2D eigenvalue weighted by Gasteiger charge is 1.98. The number of carbonyl (C=O) groups is 1. The van der Waals surface area contributed by atoms with Gasteiger partial charge in [0.1, 0.15) is 0 Å². The molecule has 0 aliphatic carbocycles. The van der Waals surface area contributed by atoms with Crippen LogP contribution in [0.15, 0.2) is 0 Å². The minimum absolute atomic E-state index is 1.06. The second kappa shape index (κ2) is 3.31. The van der Waals surface area contributed by atoms with Gasteiger partial charge < -0.3 is 14.6 Å². The molecule has 0 aromatic heterocycles. The summed E-state index contributed by atoms with van der Waals surface area (Å²) in [4.78, 5) is 9.33. The third-order valence-corrected chi connectivity index (χ3v) is 0.327. The molecule has 0 fully saturated rings. The van der Waals surface area contributed by atoms with Crippen molar-refractivity contribution < 1.29 is 23.4 Å². The van der Waals surface area contributed by atoms with Crippen molar-refractivity contribution in [3.63, 3.8) is 0 Å². The molecule has 5 heteroatoms. The number of hydrogen-bond acceptors (Lipinski definition) is 3. The van der Waals surface area contributed by atoms with Crippen LogP contribution < -0.4 is 5.11 Å². The molecule has 0 saturated heterocycles. The summed E-state index contributed by atoms with van der Waals surface area (Å²) < 4.78 is 25.1. The monoisotopic (exact) mass is 125 g/mol. The number of rotatable bonds is 3. The van der Waals surface area contributed by atoms with Crippen LogP contribution in [-0.2, 0) is 9.53 Å². The molecule has 3 nitrogen and oxygen atoms in total. The van der Waals surface area contributed by atoms with Crippen molar-refractivity contribution >= 4 is 5.97 Å². The maximum atomic E-state index is 10.9. The van der Waals surface area contributed by atoms with Gasteiger partial charge in [0.25, 0.3) is 0 Å². The molecule has 0 heterocycles. The minimum Gasteiger partial charge on any atom is -0.548 e. The van der Waals surface area contributed by atoms with E-state index in [1.54, 1.807) is 0 Å². The number of hydrogen-bond donors (Lipinski definition) is 0. The summed E-state index contributed by atoms with van der Waals surface area (Å²) in [7, 11) is 0. The molecule has 0 amide bonds. The molecule has 0 spiro atoms. The van der Waals surface area contributed by atoms with Crippen molar-refractivity contribution in [2.45, 2.75) is 6.61 Å². The molecule has 0 rings (SSSR count). The van der Waals surface area contributed by atoms with Crippen LogP contribution >= 0.6 is 0 Å². The van der Waals surface area contributed by atoms with E-state index >= 15 is 0 Å². The van der Waals surface area contributed by atoms with E-state index in [-0.39, 0.29) is 0 Å². The SMILES string of the molecule is O=C([O-])COC(F)F. The Morgan fingerprint density at radius 2 is 2.25 bits per heavy atom. The highest BCUT2D eigenvalue weighted by Crippen LogP contribution is 1.91. The summed E-state index contributed by atoms with van der Waals surface area (Å²) >= 11 is 0. The third-order valence-electron chi connectivity index (χ3n) is 0.327. The van der Waals surface area contributed by atoms with Gasteiger partial charge in [-0.05, 0) is 0 Å². The fraction of sp³-hybridized carbons (Fsp3) is 0.667. The Morgan fingerprint density at radius 1 is 1.75 bits per heavy atom. The third kappa shape index (κ3) is 5.29. The molecule has 0 radical (unpaired) electrons. The van der Waals surface area contributed by atoms with E-state index in [0.717, 1.165) is 0 Å². The topological polar surface area (TPSA) is 49.4 Å². The average molecular weight is 125 g/mol. The number of carboxylic acids is 1. The maximum Gasteiger partial charge on any atom is 0.345 e. The first-order valence-electron chi connectivity index (χ1n) is 1.72. The summed E-state index contributed by atoms with van der Waals surface area (Å²) in [5, 5.41) is 9.33. The molecule has 0 bridgehead atoms. The fourth-order valence-electron chi connectivity index (χ4n) is 0.131. The van der Waals surface area contributed by atoms with Crippen LogP contribution in [0.4, 0.5) is 8.78 Å². The number of halogens is 2. The first kappa shape index (κ1) is 7.29. The van der Waals surface area contributed by atoms with Gasteiger partial charge in [-0.3, -0.25) is 0 Å². The van der Waals surface area contributed by atoms with Gasteiger partial charge in [-0.15, -0.1) is 0 Å². The Kier molecular flexibility index (Phi) is 3.02. The summed E-state index contributed by atoms with van der Waals surface area (Å²) in [5.74, 6) is -1.65.